The van der Waals surface area contributed by atoms with Gasteiger partial charge in [0, 0.05) is 11.7 Å². The van der Waals surface area contributed by atoms with E-state index in [0.717, 1.165) is 22.4 Å². The molecule has 2 unspecified atom stereocenters. The van der Waals surface area contributed by atoms with Crippen LogP contribution >= 0.6 is 0 Å². The standard InChI is InChI=1S/C26H28N2O2.C3H8O.2ClH/c1-19(26(30)22-10-6-3-7-11-22)28-17-16-25(29)24(21-8-4-2-5-9-21)18-20-12-14-23(27)15-13-20;1-3(2)4;;/h2-15,18-19,26,28,30H,16-17,27H2,1H3;3-4H,1-2H3;2*1H/b24-18+;;;. The van der Waals surface area contributed by atoms with Crippen molar-refractivity contribution in [3.05, 3.63) is 102 Å². The van der Waals surface area contributed by atoms with Gasteiger partial charge >= 0.3 is 0 Å². The van der Waals surface area contributed by atoms with Gasteiger partial charge in [-0.1, -0.05) is 60.7 Å². The smallest absolute Gasteiger partial charge is 0.169 e. The van der Waals surface area contributed by atoms with Crippen LogP contribution in [-0.2, 0) is 4.79 Å². The highest BCUT2D eigenvalue weighted by molar-refractivity contribution is 6.25. The minimum absolute atomic E-state index is 0. The summed E-state index contributed by atoms with van der Waals surface area (Å²) in [5.74, 6) is 0.0950. The first-order chi connectivity index (χ1) is 16.3. The molecule has 0 spiro atoms. The van der Waals surface area contributed by atoms with Crippen molar-refractivity contribution in [1.29, 1.82) is 0 Å². The molecule has 0 amide bonds. The van der Waals surface area contributed by atoms with Crippen LogP contribution in [0.15, 0.2) is 84.9 Å². The van der Waals surface area contributed by atoms with Gasteiger partial charge in [-0.2, -0.15) is 0 Å². The number of hydrogen-bond donors (Lipinski definition) is 4. The van der Waals surface area contributed by atoms with Gasteiger partial charge in [-0.15, -0.1) is 0 Å². The number of benzene rings is 3. The van der Waals surface area contributed by atoms with Gasteiger partial charge < -0.3 is 46.1 Å². The molecule has 0 radical (unpaired) electrons. The Morgan fingerprint density at radius 1 is 0.861 bits per heavy atom. The minimum atomic E-state index is -0.563. The Kier molecular flexibility index (Phi) is 16.6. The number of aliphatic hydroxyl groups is 2. The summed E-state index contributed by atoms with van der Waals surface area (Å²) in [7, 11) is 0. The molecule has 0 aliphatic rings. The fourth-order valence-electron chi connectivity index (χ4n) is 3.42. The van der Waals surface area contributed by atoms with Gasteiger partial charge in [0.05, 0.1) is 13.0 Å². The Morgan fingerprint density at radius 3 is 1.89 bits per heavy atom. The molecule has 7 heteroatoms. The number of rotatable bonds is 9. The maximum absolute atomic E-state index is 13.1. The average Bonchev–Trinajstić information content (AvgIpc) is 2.83. The van der Waals surface area contributed by atoms with E-state index in [1.54, 1.807) is 13.8 Å². The number of hydrogen-bond acceptors (Lipinski definition) is 3. The minimum Gasteiger partial charge on any atom is -1.00 e. The van der Waals surface area contributed by atoms with E-state index in [-0.39, 0.29) is 42.7 Å². The van der Waals surface area contributed by atoms with Crippen LogP contribution < -0.4 is 35.9 Å². The first-order valence-electron chi connectivity index (χ1n) is 11.7. The first kappa shape index (κ1) is 33.5. The molecular weight excluding hydrogens is 495 g/mol. The molecule has 3 aromatic rings. The third-order valence-electron chi connectivity index (χ3n) is 5.22. The Labute approximate surface area is 227 Å². The number of ketones is 1. The molecular formula is C29H38Cl2N2O3. The summed E-state index contributed by atoms with van der Waals surface area (Å²) >= 11 is 0. The molecule has 0 heterocycles. The Morgan fingerprint density at radius 2 is 1.36 bits per heavy atom. The predicted octanol–water partition coefficient (Wildman–Crippen LogP) is -2.86. The van der Waals surface area contributed by atoms with E-state index in [4.69, 9.17) is 5.11 Å². The Balaban J connectivity index is 0.00000190. The van der Waals surface area contributed by atoms with E-state index < -0.39 is 6.10 Å². The molecule has 0 saturated heterocycles. The molecule has 0 fully saturated rings. The third-order valence-corrected chi connectivity index (χ3v) is 5.22. The van der Waals surface area contributed by atoms with Crippen LogP contribution in [0.2, 0.25) is 0 Å². The number of Topliss-reactive ketones (excluding diaryl/α,β-unsaturated/α-hetero) is 1. The van der Waals surface area contributed by atoms with Crippen LogP contribution in [0.3, 0.4) is 0 Å². The van der Waals surface area contributed by atoms with Crippen molar-refractivity contribution >= 4 is 23.1 Å². The average molecular weight is 534 g/mol. The molecule has 0 bridgehead atoms. The van der Waals surface area contributed by atoms with Crippen LogP contribution in [0.1, 0.15) is 50.0 Å². The monoisotopic (exact) mass is 532 g/mol. The molecule has 0 aromatic heterocycles. The Hall–Kier alpha value is -2.51. The zero-order chi connectivity index (χ0) is 24.9. The lowest BCUT2D eigenvalue weighted by atomic mass is 9.97. The van der Waals surface area contributed by atoms with Crippen molar-refractivity contribution in [2.45, 2.75) is 45.4 Å². The van der Waals surface area contributed by atoms with Gasteiger partial charge in [-0.3, -0.25) is 4.79 Å². The predicted molar refractivity (Wildman–Crippen MR) is 138 cm³/mol. The number of allylic oxidation sites excluding steroid dienone is 1. The van der Waals surface area contributed by atoms with Crippen LogP contribution in [-0.4, -0.2) is 34.7 Å². The largest absolute Gasteiger partial charge is 1.00 e. The van der Waals surface area contributed by atoms with E-state index in [2.05, 4.69) is 5.73 Å². The molecule has 36 heavy (non-hydrogen) atoms. The molecule has 7 N–H and O–H groups in total. The Bertz CT molecular complexity index is 1020. The molecule has 3 aromatic carbocycles. The topological polar surface area (TPSA) is 102 Å². The van der Waals surface area contributed by atoms with Gasteiger partial charge in [-0.25, -0.2) is 0 Å². The van der Waals surface area contributed by atoms with E-state index in [9.17, 15) is 9.90 Å². The molecule has 5 nitrogen and oxygen atoms in total. The zero-order valence-corrected chi connectivity index (χ0v) is 22.7. The SMILES string of the molecule is CC(C)O.CC([NH2+]CCC(=O)/C(=C/c1ccc([NH3+])cc1)c1ccccc1)C(O)c1ccccc1.[Cl-].[Cl-]. The number of carbonyl (C=O) groups is 1. The van der Waals surface area contributed by atoms with Gasteiger partial charge in [0.2, 0.25) is 0 Å². The molecule has 0 saturated carbocycles. The summed E-state index contributed by atoms with van der Waals surface area (Å²) in [6, 6.07) is 27.2. The normalized spacial score (nSPS) is 12.4. The summed E-state index contributed by atoms with van der Waals surface area (Å²) in [6.07, 6.45) is 1.62. The second kappa shape index (κ2) is 17.8. The van der Waals surface area contributed by atoms with Gasteiger partial charge in [0.25, 0.3) is 0 Å². The zero-order valence-electron chi connectivity index (χ0n) is 21.1. The second-order valence-electron chi connectivity index (χ2n) is 8.67. The molecule has 3 rings (SSSR count). The summed E-state index contributed by atoms with van der Waals surface area (Å²) in [4.78, 5) is 13.1. The van der Waals surface area contributed by atoms with Crippen molar-refractivity contribution in [2.75, 3.05) is 6.54 Å². The molecule has 0 aliphatic heterocycles. The fraction of sp³-hybridized carbons (Fsp3) is 0.276. The summed E-state index contributed by atoms with van der Waals surface area (Å²) < 4.78 is 0. The van der Waals surface area contributed by atoms with Gasteiger partial charge in [0.1, 0.15) is 17.8 Å². The number of carbonyl (C=O) groups excluding carboxylic acids is 1. The van der Waals surface area contributed by atoms with Crippen LogP contribution in [0.4, 0.5) is 5.69 Å². The number of aliphatic hydroxyl groups excluding tert-OH is 2. The van der Waals surface area contributed by atoms with Gasteiger partial charge in [-0.05, 0) is 67.8 Å². The number of quaternary nitrogens is 2. The third kappa shape index (κ3) is 12.0. The maximum atomic E-state index is 13.1. The number of nitrogens with two attached hydrogens (primary N) is 1. The van der Waals surface area contributed by atoms with Gasteiger partial charge in [0.15, 0.2) is 5.78 Å². The summed E-state index contributed by atoms with van der Waals surface area (Å²) in [5, 5.41) is 20.6. The molecule has 196 valence electrons. The van der Waals surface area contributed by atoms with Crippen molar-refractivity contribution in [3.8, 4) is 0 Å². The van der Waals surface area contributed by atoms with Crippen molar-refractivity contribution < 1.29 is 50.9 Å². The number of halogens is 2. The quantitative estimate of drug-likeness (QED) is 0.176. The van der Waals surface area contributed by atoms with Crippen LogP contribution in [0, 0.1) is 0 Å². The van der Waals surface area contributed by atoms with E-state index in [1.807, 2.05) is 103 Å². The summed E-state index contributed by atoms with van der Waals surface area (Å²) in [6.45, 7) is 6.04. The van der Waals surface area contributed by atoms with Crippen molar-refractivity contribution in [1.82, 2.24) is 0 Å². The van der Waals surface area contributed by atoms with Crippen LogP contribution in [0.25, 0.3) is 11.6 Å². The highest BCUT2D eigenvalue weighted by Crippen LogP contribution is 2.21. The highest BCUT2D eigenvalue weighted by Gasteiger charge is 2.20. The summed E-state index contributed by atoms with van der Waals surface area (Å²) in [5.41, 5.74) is 8.35. The van der Waals surface area contributed by atoms with E-state index in [0.29, 0.717) is 18.5 Å². The first-order valence-corrected chi connectivity index (χ1v) is 11.7. The highest BCUT2D eigenvalue weighted by atomic mass is 35.5. The lowest BCUT2D eigenvalue weighted by Gasteiger charge is -2.17. The second-order valence-corrected chi connectivity index (χ2v) is 8.67. The van der Waals surface area contributed by atoms with E-state index in [1.165, 1.54) is 0 Å². The fourth-order valence-corrected chi connectivity index (χ4v) is 3.42. The van der Waals surface area contributed by atoms with E-state index >= 15 is 0 Å². The van der Waals surface area contributed by atoms with Crippen LogP contribution in [0.5, 0.6) is 0 Å². The lowest BCUT2D eigenvalue weighted by molar-refractivity contribution is -0.693. The molecule has 2 atom stereocenters. The van der Waals surface area contributed by atoms with Crippen molar-refractivity contribution in [3.63, 3.8) is 0 Å². The lowest BCUT2D eigenvalue weighted by Crippen LogP contribution is -3.00. The maximum Gasteiger partial charge on any atom is 0.169 e. The molecule has 0 aliphatic carbocycles. The van der Waals surface area contributed by atoms with Crippen molar-refractivity contribution in [2.24, 2.45) is 0 Å².